The van der Waals surface area contributed by atoms with Crippen molar-refractivity contribution in [3.8, 4) is 0 Å². The number of alkyl halides is 2. The molecule has 4 heterocycles. The van der Waals surface area contributed by atoms with Crippen LogP contribution in [0.25, 0.3) is 0 Å². The van der Waals surface area contributed by atoms with Crippen molar-refractivity contribution in [2.24, 2.45) is 0 Å². The molecule has 0 aromatic carbocycles. The zero-order valence-corrected chi connectivity index (χ0v) is 16.0. The molecule has 0 aliphatic carbocycles. The van der Waals surface area contributed by atoms with Crippen molar-refractivity contribution in [1.29, 1.82) is 0 Å². The van der Waals surface area contributed by atoms with Crippen LogP contribution in [0.4, 0.5) is 29.2 Å². The van der Waals surface area contributed by atoms with Crippen LogP contribution in [0.2, 0.25) is 0 Å². The number of hydrogen-bond donors (Lipinski definition) is 0. The van der Waals surface area contributed by atoms with Crippen LogP contribution in [-0.2, 0) is 6.54 Å². The van der Waals surface area contributed by atoms with Gasteiger partial charge in [-0.1, -0.05) is 0 Å². The molecule has 156 valence electrons. The second-order valence-electron chi connectivity index (χ2n) is 7.63. The highest BCUT2D eigenvalue weighted by molar-refractivity contribution is 5.52. The maximum atomic E-state index is 13.8. The monoisotopic (exact) mass is 410 g/mol. The van der Waals surface area contributed by atoms with Crippen molar-refractivity contribution in [2.45, 2.75) is 31.4 Å². The molecule has 2 aliphatic rings. The van der Waals surface area contributed by atoms with E-state index in [1.807, 2.05) is 22.9 Å². The molecule has 0 atom stereocenters. The third kappa shape index (κ3) is 4.42. The van der Waals surface area contributed by atoms with Gasteiger partial charge in [0.25, 0.3) is 5.92 Å². The molecule has 0 N–H and O–H groups in total. The van der Waals surface area contributed by atoms with E-state index in [-0.39, 0.29) is 44.2 Å². The topological polar surface area (TPSA) is 48.4 Å². The fourth-order valence-electron chi connectivity index (χ4n) is 3.59. The van der Waals surface area contributed by atoms with Gasteiger partial charge in [-0.3, -0.25) is 9.88 Å². The van der Waals surface area contributed by atoms with Gasteiger partial charge in [-0.25, -0.2) is 27.5 Å². The maximum absolute atomic E-state index is 13.8. The minimum Gasteiger partial charge on any atom is -0.356 e. The van der Waals surface area contributed by atoms with E-state index in [1.54, 1.807) is 0 Å². The van der Waals surface area contributed by atoms with Crippen molar-refractivity contribution in [2.75, 3.05) is 43.0 Å². The number of aromatic nitrogens is 3. The van der Waals surface area contributed by atoms with E-state index in [4.69, 9.17) is 0 Å². The summed E-state index contributed by atoms with van der Waals surface area (Å²) in [5.74, 6) is -2.55. The van der Waals surface area contributed by atoms with Gasteiger partial charge in [-0.15, -0.1) is 0 Å². The van der Waals surface area contributed by atoms with Crippen molar-refractivity contribution >= 4 is 11.6 Å². The molecule has 2 aliphatic heterocycles. The van der Waals surface area contributed by atoms with E-state index in [0.29, 0.717) is 18.9 Å². The first-order valence-electron chi connectivity index (χ1n) is 9.51. The molecule has 10 heteroatoms. The van der Waals surface area contributed by atoms with Gasteiger partial charge in [0.1, 0.15) is 29.6 Å². The van der Waals surface area contributed by atoms with Gasteiger partial charge in [0.05, 0.1) is 11.9 Å². The summed E-state index contributed by atoms with van der Waals surface area (Å²) < 4.78 is 53.5. The summed E-state index contributed by atoms with van der Waals surface area (Å²) in [4.78, 5) is 18.2. The van der Waals surface area contributed by atoms with Gasteiger partial charge < -0.3 is 9.80 Å². The fraction of sp³-hybridized carbons (Fsp3) is 0.526. The molecule has 29 heavy (non-hydrogen) atoms. The molecule has 2 fully saturated rings. The lowest BCUT2D eigenvalue weighted by atomic mass is 10.1. The number of piperidine rings is 1. The zero-order valence-electron chi connectivity index (χ0n) is 16.0. The summed E-state index contributed by atoms with van der Waals surface area (Å²) in [6.07, 6.45) is 2.12. The SMILES string of the molecule is CN(Cc1ncc(F)cc1F)C1CN(c2cc(N3CCC(F)(F)CC3)ncn2)C1. The summed E-state index contributed by atoms with van der Waals surface area (Å²) in [5.41, 5.74) is 0.207. The van der Waals surface area contributed by atoms with Crippen LogP contribution < -0.4 is 9.80 Å². The Morgan fingerprint density at radius 2 is 1.69 bits per heavy atom. The van der Waals surface area contributed by atoms with Crippen molar-refractivity contribution in [1.82, 2.24) is 19.9 Å². The van der Waals surface area contributed by atoms with Crippen LogP contribution in [-0.4, -0.2) is 65.0 Å². The smallest absolute Gasteiger partial charge is 0.251 e. The van der Waals surface area contributed by atoms with E-state index >= 15 is 0 Å². The molecule has 0 unspecified atom stereocenters. The third-order valence-electron chi connectivity index (χ3n) is 5.55. The molecule has 2 aromatic heterocycles. The zero-order chi connectivity index (χ0) is 20.6. The highest BCUT2D eigenvalue weighted by Crippen LogP contribution is 2.31. The third-order valence-corrected chi connectivity index (χ3v) is 5.55. The Labute approximate surface area is 166 Å². The molecule has 0 radical (unpaired) electrons. The summed E-state index contributed by atoms with van der Waals surface area (Å²) >= 11 is 0. The lowest BCUT2D eigenvalue weighted by Gasteiger charge is -2.44. The lowest BCUT2D eigenvalue weighted by Crippen LogP contribution is -2.58. The molecule has 0 bridgehead atoms. The van der Waals surface area contributed by atoms with E-state index in [0.717, 1.165) is 18.1 Å². The van der Waals surface area contributed by atoms with E-state index < -0.39 is 17.6 Å². The first-order valence-corrected chi connectivity index (χ1v) is 9.51. The summed E-state index contributed by atoms with van der Waals surface area (Å²) in [5, 5.41) is 0. The number of anilines is 2. The average Bonchev–Trinajstić information content (AvgIpc) is 2.63. The minimum absolute atomic E-state index is 0.170. The van der Waals surface area contributed by atoms with Crippen LogP contribution in [0.15, 0.2) is 24.7 Å². The first-order chi connectivity index (χ1) is 13.8. The Morgan fingerprint density at radius 1 is 1.03 bits per heavy atom. The first kappa shape index (κ1) is 19.8. The summed E-state index contributed by atoms with van der Waals surface area (Å²) in [6, 6.07) is 2.83. The molecular weight excluding hydrogens is 388 g/mol. The molecule has 6 nitrogen and oxygen atoms in total. The summed E-state index contributed by atoms with van der Waals surface area (Å²) in [6.45, 7) is 2.19. The average molecular weight is 410 g/mol. The fourth-order valence-corrected chi connectivity index (χ4v) is 3.59. The Morgan fingerprint density at radius 3 is 2.34 bits per heavy atom. The predicted molar refractivity (Wildman–Crippen MR) is 100 cm³/mol. The quantitative estimate of drug-likeness (QED) is 0.707. The van der Waals surface area contributed by atoms with E-state index in [9.17, 15) is 17.6 Å². The Balaban J connectivity index is 1.34. The molecule has 0 amide bonds. The van der Waals surface area contributed by atoms with Crippen molar-refractivity contribution in [3.63, 3.8) is 0 Å². The summed E-state index contributed by atoms with van der Waals surface area (Å²) in [7, 11) is 1.87. The van der Waals surface area contributed by atoms with Gasteiger partial charge in [0, 0.05) is 63.7 Å². The number of nitrogens with zero attached hydrogens (tertiary/aromatic N) is 6. The van der Waals surface area contributed by atoms with Crippen LogP contribution in [0.5, 0.6) is 0 Å². The number of halogens is 4. The van der Waals surface area contributed by atoms with Gasteiger partial charge in [-0.2, -0.15) is 0 Å². The Kier molecular flexibility index (Phi) is 5.28. The maximum Gasteiger partial charge on any atom is 0.251 e. The van der Waals surface area contributed by atoms with Crippen LogP contribution in [0.3, 0.4) is 0 Å². The Bertz CT molecular complexity index is 864. The number of rotatable bonds is 5. The standard InChI is InChI=1S/C19H22F4N6/c1-27(11-16-15(21)6-13(20)8-24-16)14-9-29(10-14)18-7-17(25-12-26-18)28-4-2-19(22,23)3-5-28/h6-8,12,14H,2-5,9-11H2,1H3. The second-order valence-corrected chi connectivity index (χ2v) is 7.63. The number of likely N-dealkylation sites (N-methyl/N-ethyl adjacent to an activating group) is 1. The van der Waals surface area contributed by atoms with Crippen LogP contribution >= 0.6 is 0 Å². The molecule has 2 aromatic rings. The van der Waals surface area contributed by atoms with Crippen LogP contribution in [0, 0.1) is 11.6 Å². The molecule has 2 saturated heterocycles. The molecular formula is C19H22F4N6. The molecule has 4 rings (SSSR count). The van der Waals surface area contributed by atoms with Crippen molar-refractivity contribution in [3.05, 3.63) is 42.0 Å². The molecule has 0 spiro atoms. The van der Waals surface area contributed by atoms with Gasteiger partial charge in [0.15, 0.2) is 0 Å². The second kappa shape index (κ2) is 7.74. The van der Waals surface area contributed by atoms with Gasteiger partial charge in [0.2, 0.25) is 0 Å². The predicted octanol–water partition coefficient (Wildman–Crippen LogP) is 2.71. The Hall–Kier alpha value is -2.49. The van der Waals surface area contributed by atoms with Gasteiger partial charge in [-0.05, 0) is 7.05 Å². The normalized spacial score (nSPS) is 19.5. The number of hydrogen-bond acceptors (Lipinski definition) is 6. The van der Waals surface area contributed by atoms with Crippen LogP contribution in [0.1, 0.15) is 18.5 Å². The minimum atomic E-state index is -2.60. The lowest BCUT2D eigenvalue weighted by molar-refractivity contribution is -0.0221. The highest BCUT2D eigenvalue weighted by atomic mass is 19.3. The van der Waals surface area contributed by atoms with Crippen molar-refractivity contribution < 1.29 is 17.6 Å². The van der Waals surface area contributed by atoms with E-state index in [2.05, 4.69) is 19.9 Å². The van der Waals surface area contributed by atoms with E-state index in [1.165, 1.54) is 6.33 Å². The largest absolute Gasteiger partial charge is 0.356 e. The highest BCUT2D eigenvalue weighted by Gasteiger charge is 2.35. The van der Waals surface area contributed by atoms with Gasteiger partial charge >= 0.3 is 0 Å². The molecule has 0 saturated carbocycles. The number of pyridine rings is 1.